The summed E-state index contributed by atoms with van der Waals surface area (Å²) in [4.78, 5) is 15.7. The lowest BCUT2D eigenvalue weighted by Gasteiger charge is -2.29. The van der Waals surface area contributed by atoms with Crippen molar-refractivity contribution in [1.29, 1.82) is 0 Å². The smallest absolute Gasteiger partial charge is 0.267 e. The maximum Gasteiger partial charge on any atom is 0.267 e. The quantitative estimate of drug-likeness (QED) is 0.899. The fraction of sp³-hybridized carbons (Fsp3) is 0.250. The van der Waals surface area contributed by atoms with E-state index in [1.54, 1.807) is 18.2 Å². The predicted octanol–water partition coefficient (Wildman–Crippen LogP) is 1.33. The second kappa shape index (κ2) is 6.12. The molecule has 24 heavy (non-hydrogen) atoms. The van der Waals surface area contributed by atoms with Crippen molar-refractivity contribution in [3.63, 3.8) is 0 Å². The van der Waals surface area contributed by atoms with Crippen LogP contribution in [0.1, 0.15) is 22.5 Å². The van der Waals surface area contributed by atoms with E-state index in [0.717, 1.165) is 5.56 Å². The molecule has 8 heteroatoms. The van der Waals surface area contributed by atoms with Crippen LogP contribution >= 0.6 is 0 Å². The van der Waals surface area contributed by atoms with Crippen molar-refractivity contribution < 1.29 is 17.9 Å². The van der Waals surface area contributed by atoms with E-state index in [9.17, 15) is 13.2 Å². The van der Waals surface area contributed by atoms with Gasteiger partial charge in [-0.1, -0.05) is 6.07 Å². The van der Waals surface area contributed by atoms with Gasteiger partial charge in [-0.05, 0) is 48.7 Å². The van der Waals surface area contributed by atoms with Gasteiger partial charge in [0.05, 0.1) is 12.0 Å². The third kappa shape index (κ3) is 2.80. The number of fused-ring (bicyclic) bond motifs is 1. The highest BCUT2D eigenvalue weighted by Crippen LogP contribution is 2.31. The summed E-state index contributed by atoms with van der Waals surface area (Å²) in [5, 5.41) is 0. The number of pyridine rings is 1. The Morgan fingerprint density at radius 3 is 2.54 bits per heavy atom. The van der Waals surface area contributed by atoms with E-state index in [1.807, 2.05) is 0 Å². The van der Waals surface area contributed by atoms with Gasteiger partial charge in [-0.2, -0.15) is 0 Å². The number of anilines is 1. The molecule has 3 rings (SSSR count). The monoisotopic (exact) mass is 347 g/mol. The number of ether oxygens (including phenoxy) is 1. The summed E-state index contributed by atoms with van der Waals surface area (Å²) in [6.45, 7) is 0.302. The normalized spacial score (nSPS) is 14.1. The number of nitrogens with zero attached hydrogens (tertiary/aromatic N) is 2. The second-order valence-electron chi connectivity index (χ2n) is 5.40. The Hall–Kier alpha value is -2.61. The zero-order chi connectivity index (χ0) is 17.3. The Morgan fingerprint density at radius 1 is 1.21 bits per heavy atom. The lowest BCUT2D eigenvalue weighted by molar-refractivity contribution is 0.0995. The topological polar surface area (TPSA) is 103 Å². The molecular weight excluding hydrogens is 330 g/mol. The first-order valence-corrected chi connectivity index (χ1v) is 8.84. The molecule has 126 valence electrons. The third-order valence-electron chi connectivity index (χ3n) is 3.90. The van der Waals surface area contributed by atoms with Crippen molar-refractivity contribution in [1.82, 2.24) is 4.98 Å². The first kappa shape index (κ1) is 16.3. The Labute approximate surface area is 140 Å². The number of sulfonamides is 1. The third-order valence-corrected chi connectivity index (χ3v) is 5.70. The molecule has 0 aliphatic carbocycles. The molecule has 0 atom stereocenters. The lowest BCUT2D eigenvalue weighted by atomic mass is 10.1. The number of rotatable bonds is 4. The Kier molecular flexibility index (Phi) is 4.15. The highest BCUT2D eigenvalue weighted by Gasteiger charge is 2.30. The molecule has 2 N–H and O–H groups in total. The molecule has 0 spiro atoms. The van der Waals surface area contributed by atoms with Gasteiger partial charge in [0.2, 0.25) is 0 Å². The molecule has 0 saturated heterocycles. The predicted molar refractivity (Wildman–Crippen MR) is 88.6 cm³/mol. The first-order chi connectivity index (χ1) is 11.4. The molecule has 2 heterocycles. The largest absolute Gasteiger partial charge is 0.497 e. The highest BCUT2D eigenvalue weighted by molar-refractivity contribution is 7.92. The van der Waals surface area contributed by atoms with Gasteiger partial charge in [0.25, 0.3) is 15.9 Å². The van der Waals surface area contributed by atoms with Crippen LogP contribution in [0.15, 0.2) is 41.3 Å². The summed E-state index contributed by atoms with van der Waals surface area (Å²) in [5.74, 6) is 0.153. The van der Waals surface area contributed by atoms with Crippen LogP contribution in [0, 0.1) is 0 Å². The standard InChI is InChI=1S/C16H17N3O4S/c1-23-12-5-7-13(8-6-12)24(21,22)19-10-2-3-11-4-9-14(15(17)20)18-16(11)19/h4-9H,2-3,10H2,1H3,(H2,17,20). The molecule has 1 aliphatic heterocycles. The molecule has 0 saturated carbocycles. The van der Waals surface area contributed by atoms with E-state index in [0.29, 0.717) is 25.1 Å². The molecule has 2 aromatic rings. The van der Waals surface area contributed by atoms with Crippen molar-refractivity contribution in [3.8, 4) is 5.75 Å². The van der Waals surface area contributed by atoms with Crippen molar-refractivity contribution in [2.75, 3.05) is 18.0 Å². The number of hydrogen-bond acceptors (Lipinski definition) is 5. The van der Waals surface area contributed by atoms with Crippen LogP contribution in [0.3, 0.4) is 0 Å². The first-order valence-electron chi connectivity index (χ1n) is 7.40. The summed E-state index contributed by atoms with van der Waals surface area (Å²) in [5.41, 5.74) is 6.09. The van der Waals surface area contributed by atoms with Crippen LogP contribution in [0.5, 0.6) is 5.75 Å². The Balaban J connectivity index is 2.06. The van der Waals surface area contributed by atoms with Crippen molar-refractivity contribution in [3.05, 3.63) is 47.7 Å². The summed E-state index contributed by atoms with van der Waals surface area (Å²) >= 11 is 0. The summed E-state index contributed by atoms with van der Waals surface area (Å²) in [7, 11) is -2.27. The van der Waals surface area contributed by atoms with Crippen LogP contribution < -0.4 is 14.8 Å². The molecule has 0 radical (unpaired) electrons. The van der Waals surface area contributed by atoms with Gasteiger partial charge in [0.1, 0.15) is 17.3 Å². The van der Waals surface area contributed by atoms with Gasteiger partial charge >= 0.3 is 0 Å². The van der Waals surface area contributed by atoms with E-state index in [-0.39, 0.29) is 16.4 Å². The zero-order valence-corrected chi connectivity index (χ0v) is 13.9. The molecule has 0 fully saturated rings. The maximum atomic E-state index is 13.0. The van der Waals surface area contributed by atoms with Gasteiger partial charge in [0, 0.05) is 6.54 Å². The number of benzene rings is 1. The van der Waals surface area contributed by atoms with Crippen LogP contribution in [0.4, 0.5) is 5.82 Å². The lowest BCUT2D eigenvalue weighted by Crippen LogP contribution is -2.36. The summed E-state index contributed by atoms with van der Waals surface area (Å²) in [6, 6.07) is 9.37. The van der Waals surface area contributed by atoms with E-state index in [2.05, 4.69) is 4.98 Å². The van der Waals surface area contributed by atoms with E-state index in [1.165, 1.54) is 29.6 Å². The van der Waals surface area contributed by atoms with Gasteiger partial charge in [-0.25, -0.2) is 17.7 Å². The second-order valence-corrected chi connectivity index (χ2v) is 7.26. The average Bonchev–Trinajstić information content (AvgIpc) is 2.60. The molecule has 1 aromatic carbocycles. The molecule has 1 aromatic heterocycles. The minimum Gasteiger partial charge on any atom is -0.497 e. The van der Waals surface area contributed by atoms with E-state index < -0.39 is 15.9 Å². The number of methoxy groups -OCH3 is 1. The molecular formula is C16H17N3O4S. The minimum absolute atomic E-state index is 0.0468. The number of nitrogens with two attached hydrogens (primary N) is 1. The van der Waals surface area contributed by atoms with E-state index in [4.69, 9.17) is 10.5 Å². The molecule has 7 nitrogen and oxygen atoms in total. The van der Waals surface area contributed by atoms with E-state index >= 15 is 0 Å². The Morgan fingerprint density at radius 2 is 1.92 bits per heavy atom. The van der Waals surface area contributed by atoms with Crippen molar-refractivity contribution in [2.45, 2.75) is 17.7 Å². The summed E-state index contributed by atoms with van der Waals surface area (Å²) in [6.07, 6.45) is 1.38. The number of hydrogen-bond donors (Lipinski definition) is 1. The number of aryl methyl sites for hydroxylation is 1. The fourth-order valence-corrected chi connectivity index (χ4v) is 4.14. The van der Waals surface area contributed by atoms with Gasteiger partial charge in [-0.15, -0.1) is 0 Å². The van der Waals surface area contributed by atoms with Crippen molar-refractivity contribution >= 4 is 21.7 Å². The minimum atomic E-state index is -3.78. The number of carbonyl (C=O) groups excluding carboxylic acids is 1. The van der Waals surface area contributed by atoms with Gasteiger partial charge in [0.15, 0.2) is 0 Å². The van der Waals surface area contributed by atoms with Gasteiger partial charge < -0.3 is 10.5 Å². The number of primary amides is 1. The SMILES string of the molecule is COc1ccc(S(=O)(=O)N2CCCc3ccc(C(N)=O)nc32)cc1. The average molecular weight is 347 g/mol. The van der Waals surface area contributed by atoms with Crippen LogP contribution in [-0.2, 0) is 16.4 Å². The van der Waals surface area contributed by atoms with Crippen LogP contribution in [-0.4, -0.2) is 33.0 Å². The van der Waals surface area contributed by atoms with Crippen molar-refractivity contribution in [2.24, 2.45) is 5.73 Å². The maximum absolute atomic E-state index is 13.0. The molecule has 1 aliphatic rings. The number of aromatic nitrogens is 1. The van der Waals surface area contributed by atoms with Crippen LogP contribution in [0.2, 0.25) is 0 Å². The molecule has 0 bridgehead atoms. The highest BCUT2D eigenvalue weighted by atomic mass is 32.2. The number of amides is 1. The number of carbonyl (C=O) groups is 1. The van der Waals surface area contributed by atoms with Crippen LogP contribution in [0.25, 0.3) is 0 Å². The zero-order valence-electron chi connectivity index (χ0n) is 13.1. The fourth-order valence-electron chi connectivity index (χ4n) is 2.65. The molecule has 0 unspecified atom stereocenters. The summed E-state index contributed by atoms with van der Waals surface area (Å²) < 4.78 is 32.2. The van der Waals surface area contributed by atoms with Gasteiger partial charge in [-0.3, -0.25) is 4.79 Å². The Bertz CT molecular complexity index is 879. The molecule has 1 amide bonds.